The Hall–Kier alpha value is -2.15. The predicted octanol–water partition coefficient (Wildman–Crippen LogP) is 0.725. The molecule has 112 valence electrons. The summed E-state index contributed by atoms with van der Waals surface area (Å²) < 4.78 is 0. The molecule has 1 fully saturated rings. The van der Waals surface area contributed by atoms with Crippen LogP contribution in [-0.4, -0.2) is 39.8 Å². The zero-order valence-corrected chi connectivity index (χ0v) is 12.1. The fourth-order valence-corrected chi connectivity index (χ4v) is 2.53. The average Bonchev–Trinajstić information content (AvgIpc) is 2.98. The maximum Gasteiger partial charge on any atom is 0.247 e. The van der Waals surface area contributed by atoms with E-state index in [1.54, 1.807) is 12.3 Å². The van der Waals surface area contributed by atoms with E-state index >= 15 is 0 Å². The number of hydrogen-bond acceptors (Lipinski definition) is 5. The van der Waals surface area contributed by atoms with Crippen molar-refractivity contribution in [3.8, 4) is 11.4 Å². The minimum Gasteiger partial charge on any atom is -0.339 e. The van der Waals surface area contributed by atoms with Crippen LogP contribution in [0.4, 0.5) is 5.95 Å². The van der Waals surface area contributed by atoms with E-state index < -0.39 is 0 Å². The maximum absolute atomic E-state index is 11.1. The highest BCUT2D eigenvalue weighted by Crippen LogP contribution is 2.31. The molecule has 2 aromatic heterocycles. The summed E-state index contributed by atoms with van der Waals surface area (Å²) in [6.07, 6.45) is 3.73. The predicted molar refractivity (Wildman–Crippen MR) is 81.0 cm³/mol. The number of anilines is 1. The van der Waals surface area contributed by atoms with Gasteiger partial charge in [0, 0.05) is 30.9 Å². The normalized spacial score (nSPS) is 17.9. The molecule has 1 aliphatic rings. The van der Waals surface area contributed by atoms with Crippen LogP contribution in [0.3, 0.4) is 0 Å². The summed E-state index contributed by atoms with van der Waals surface area (Å²) in [6, 6.07) is 3.20. The number of nitrogens with two attached hydrogens (primary N) is 1. The van der Waals surface area contributed by atoms with Crippen molar-refractivity contribution in [2.24, 2.45) is 11.1 Å². The number of nitrogens with one attached hydrogen (secondary N) is 2. The summed E-state index contributed by atoms with van der Waals surface area (Å²) >= 11 is 0. The highest BCUT2D eigenvalue weighted by atomic mass is 16.1. The van der Waals surface area contributed by atoms with Gasteiger partial charge in [0.25, 0.3) is 0 Å². The largest absolute Gasteiger partial charge is 0.339 e. The molecule has 21 heavy (non-hydrogen) atoms. The zero-order chi connectivity index (χ0) is 14.9. The van der Waals surface area contributed by atoms with Crippen molar-refractivity contribution >= 4 is 5.95 Å². The molecule has 3 rings (SSSR count). The summed E-state index contributed by atoms with van der Waals surface area (Å²) in [6.45, 7) is 4.78. The number of H-pyrrole nitrogens is 2. The molecule has 0 saturated carbocycles. The highest BCUT2D eigenvalue weighted by molar-refractivity contribution is 5.54. The number of rotatable bonds is 3. The van der Waals surface area contributed by atoms with Crippen molar-refractivity contribution in [1.82, 2.24) is 20.2 Å². The van der Waals surface area contributed by atoms with E-state index in [9.17, 15) is 4.79 Å². The average molecular weight is 288 g/mol. The van der Waals surface area contributed by atoms with Crippen LogP contribution in [-0.2, 0) is 0 Å². The van der Waals surface area contributed by atoms with Gasteiger partial charge in [0.1, 0.15) is 0 Å². The third-order valence-corrected chi connectivity index (χ3v) is 4.28. The number of piperidine rings is 1. The van der Waals surface area contributed by atoms with Crippen molar-refractivity contribution in [3.63, 3.8) is 0 Å². The van der Waals surface area contributed by atoms with Gasteiger partial charge in [-0.15, -0.1) is 5.10 Å². The third kappa shape index (κ3) is 2.82. The first kappa shape index (κ1) is 13.8. The first-order chi connectivity index (χ1) is 10.1. The summed E-state index contributed by atoms with van der Waals surface area (Å²) in [5.41, 5.74) is 6.75. The number of nitrogens with zero attached hydrogens (tertiary/aromatic N) is 3. The van der Waals surface area contributed by atoms with E-state index in [4.69, 9.17) is 5.73 Å². The Bertz CT molecular complexity index is 648. The topological polar surface area (TPSA) is 104 Å². The van der Waals surface area contributed by atoms with Crippen LogP contribution in [0.25, 0.3) is 11.4 Å². The lowest BCUT2D eigenvalue weighted by Crippen LogP contribution is -2.42. The second kappa shape index (κ2) is 5.33. The molecule has 0 bridgehead atoms. The van der Waals surface area contributed by atoms with E-state index in [2.05, 4.69) is 32.0 Å². The van der Waals surface area contributed by atoms with E-state index in [1.165, 1.54) is 6.07 Å². The Labute approximate surface area is 122 Å². The van der Waals surface area contributed by atoms with Crippen LogP contribution in [0.1, 0.15) is 19.8 Å². The maximum atomic E-state index is 11.1. The zero-order valence-electron chi connectivity index (χ0n) is 12.1. The molecule has 0 aliphatic carbocycles. The molecule has 7 nitrogen and oxygen atoms in total. The standard InChI is InChI=1S/C14H20N6O/c1-14(9-15)4-6-20(7-5-14)13-17-12(18-19-13)10-2-3-11(21)16-8-10/h2-3,8H,4-7,9,15H2,1H3,(H,16,21)(H,17,18,19). The molecule has 0 spiro atoms. The van der Waals surface area contributed by atoms with Crippen LogP contribution in [0.15, 0.2) is 23.1 Å². The Kier molecular flexibility index (Phi) is 3.50. The monoisotopic (exact) mass is 288 g/mol. The summed E-state index contributed by atoms with van der Waals surface area (Å²) in [4.78, 5) is 20.4. The molecule has 1 aliphatic heterocycles. The van der Waals surface area contributed by atoms with Crippen molar-refractivity contribution < 1.29 is 0 Å². The van der Waals surface area contributed by atoms with E-state index in [0.717, 1.165) is 38.0 Å². The molecule has 0 amide bonds. The van der Waals surface area contributed by atoms with Gasteiger partial charge in [0.2, 0.25) is 11.5 Å². The lowest BCUT2D eigenvalue weighted by Gasteiger charge is -2.38. The molecule has 0 atom stereocenters. The van der Waals surface area contributed by atoms with Crippen molar-refractivity contribution in [1.29, 1.82) is 0 Å². The van der Waals surface area contributed by atoms with Gasteiger partial charge >= 0.3 is 0 Å². The molecule has 7 heteroatoms. The van der Waals surface area contributed by atoms with Crippen LogP contribution in [0, 0.1) is 5.41 Å². The molecule has 0 aromatic carbocycles. The van der Waals surface area contributed by atoms with Crippen molar-refractivity contribution in [2.75, 3.05) is 24.5 Å². The first-order valence-corrected chi connectivity index (χ1v) is 7.16. The number of aromatic nitrogens is 4. The smallest absolute Gasteiger partial charge is 0.247 e. The quantitative estimate of drug-likeness (QED) is 0.772. The Morgan fingerprint density at radius 1 is 1.38 bits per heavy atom. The van der Waals surface area contributed by atoms with Gasteiger partial charge in [-0.2, -0.15) is 4.98 Å². The molecular weight excluding hydrogens is 268 g/mol. The van der Waals surface area contributed by atoms with E-state index in [-0.39, 0.29) is 11.0 Å². The fraction of sp³-hybridized carbons (Fsp3) is 0.500. The van der Waals surface area contributed by atoms with Gasteiger partial charge < -0.3 is 15.6 Å². The van der Waals surface area contributed by atoms with E-state index in [0.29, 0.717) is 11.8 Å². The lowest BCUT2D eigenvalue weighted by atomic mass is 9.81. The number of hydrogen-bond donors (Lipinski definition) is 3. The van der Waals surface area contributed by atoms with Crippen LogP contribution < -0.4 is 16.2 Å². The van der Waals surface area contributed by atoms with Crippen LogP contribution in [0.2, 0.25) is 0 Å². The van der Waals surface area contributed by atoms with Gasteiger partial charge in [0.15, 0.2) is 5.82 Å². The number of aromatic amines is 2. The minimum atomic E-state index is -0.129. The second-order valence-electron chi connectivity index (χ2n) is 5.93. The van der Waals surface area contributed by atoms with E-state index in [1.807, 2.05) is 0 Å². The Morgan fingerprint density at radius 3 is 2.76 bits per heavy atom. The summed E-state index contributed by atoms with van der Waals surface area (Å²) in [5.74, 6) is 1.36. The van der Waals surface area contributed by atoms with Gasteiger partial charge in [-0.1, -0.05) is 6.92 Å². The minimum absolute atomic E-state index is 0.129. The van der Waals surface area contributed by atoms with Gasteiger partial charge in [-0.05, 0) is 30.9 Å². The number of pyridine rings is 1. The molecule has 1 saturated heterocycles. The second-order valence-corrected chi connectivity index (χ2v) is 5.93. The van der Waals surface area contributed by atoms with Gasteiger partial charge in [-0.3, -0.25) is 9.89 Å². The summed E-state index contributed by atoms with van der Waals surface area (Å²) in [5, 5.41) is 7.20. The van der Waals surface area contributed by atoms with Crippen LogP contribution in [0.5, 0.6) is 0 Å². The Balaban J connectivity index is 1.74. The highest BCUT2D eigenvalue weighted by Gasteiger charge is 2.30. The van der Waals surface area contributed by atoms with Crippen LogP contribution >= 0.6 is 0 Å². The van der Waals surface area contributed by atoms with Gasteiger partial charge in [-0.25, -0.2) is 0 Å². The van der Waals surface area contributed by atoms with Crippen molar-refractivity contribution in [2.45, 2.75) is 19.8 Å². The molecule has 3 heterocycles. The first-order valence-electron chi connectivity index (χ1n) is 7.16. The third-order valence-electron chi connectivity index (χ3n) is 4.28. The fourth-order valence-electron chi connectivity index (χ4n) is 2.53. The SMILES string of the molecule is CC1(CN)CCN(c2n[nH]c(-c3ccc(=O)[nH]c3)n2)CC1. The summed E-state index contributed by atoms with van der Waals surface area (Å²) in [7, 11) is 0. The lowest BCUT2D eigenvalue weighted by molar-refractivity contribution is 0.257. The molecular formula is C14H20N6O. The molecule has 0 radical (unpaired) electrons. The molecule has 4 N–H and O–H groups in total. The van der Waals surface area contributed by atoms with Crippen molar-refractivity contribution in [3.05, 3.63) is 28.7 Å². The van der Waals surface area contributed by atoms with Gasteiger partial charge in [0.05, 0.1) is 0 Å². The Morgan fingerprint density at radius 2 is 2.14 bits per heavy atom. The molecule has 0 unspecified atom stereocenters. The molecule has 2 aromatic rings.